The molecule has 0 heterocycles. The molecule has 5 heteroatoms. The molecule has 1 amide bonds. The zero-order valence-corrected chi connectivity index (χ0v) is 13.3. The highest BCUT2D eigenvalue weighted by atomic mass is 16.6. The average Bonchev–Trinajstić information content (AvgIpc) is 2.14. The Hall–Kier alpha value is -1.39. The van der Waals surface area contributed by atoms with E-state index in [2.05, 4.69) is 5.32 Å². The van der Waals surface area contributed by atoms with E-state index in [9.17, 15) is 14.4 Å². The minimum atomic E-state index is -0.560. The van der Waals surface area contributed by atoms with Gasteiger partial charge in [-0.15, -0.1) is 0 Å². The fraction of sp³-hybridized carbons (Fsp3) is 0.786. The second-order valence-electron chi connectivity index (χ2n) is 5.74. The molecule has 0 spiro atoms. The lowest BCUT2D eigenvalue weighted by Crippen LogP contribution is -2.40. The first-order valence-electron chi connectivity index (χ1n) is 6.37. The van der Waals surface area contributed by atoms with Gasteiger partial charge in [0.25, 0.3) is 0 Å². The third-order valence-corrected chi connectivity index (χ3v) is 2.16. The molecule has 0 radical (unpaired) electrons. The van der Waals surface area contributed by atoms with Crippen LogP contribution in [-0.4, -0.2) is 29.3 Å². The molecule has 19 heavy (non-hydrogen) atoms. The maximum atomic E-state index is 11.1. The lowest BCUT2D eigenvalue weighted by atomic mass is 10.1. The number of alkyl carbamates (subject to hydrolysis) is 1. The summed E-state index contributed by atoms with van der Waals surface area (Å²) in [5.74, 6) is 0.380. The first-order chi connectivity index (χ1) is 8.36. The summed E-state index contributed by atoms with van der Waals surface area (Å²) >= 11 is 0. The Balaban J connectivity index is 0. The molecule has 0 rings (SSSR count). The van der Waals surface area contributed by atoms with Crippen molar-refractivity contribution in [2.45, 2.75) is 67.0 Å². The van der Waals surface area contributed by atoms with Crippen LogP contribution in [0.3, 0.4) is 0 Å². The van der Waals surface area contributed by atoms with E-state index < -0.39 is 17.7 Å². The van der Waals surface area contributed by atoms with Crippen molar-refractivity contribution in [3.63, 3.8) is 0 Å². The normalized spacial score (nSPS) is 12.1. The Kier molecular flexibility index (Phi) is 9.10. The van der Waals surface area contributed by atoms with E-state index in [1.165, 1.54) is 6.92 Å². The molecular weight excluding hydrogens is 246 g/mol. The second kappa shape index (κ2) is 8.67. The summed E-state index contributed by atoms with van der Waals surface area (Å²) in [6.07, 6.45) is -0.560. The lowest BCUT2D eigenvalue weighted by Gasteiger charge is -2.21. The second-order valence-corrected chi connectivity index (χ2v) is 5.74. The number of ether oxygens (including phenoxy) is 1. The molecule has 1 atom stereocenters. The van der Waals surface area contributed by atoms with Gasteiger partial charge < -0.3 is 10.1 Å². The van der Waals surface area contributed by atoms with Crippen molar-refractivity contribution in [2.24, 2.45) is 5.92 Å². The molecule has 0 saturated heterocycles. The number of carbonyl (C=O) groups excluding carboxylic acids is 3. The summed E-state index contributed by atoms with van der Waals surface area (Å²) in [6, 6.07) is -0.491. The van der Waals surface area contributed by atoms with Gasteiger partial charge in [-0.2, -0.15) is 0 Å². The van der Waals surface area contributed by atoms with Crippen molar-refractivity contribution < 1.29 is 19.1 Å². The molecule has 0 fully saturated rings. The van der Waals surface area contributed by atoms with E-state index in [0.717, 1.165) is 0 Å². The van der Waals surface area contributed by atoms with Gasteiger partial charge in [-0.25, -0.2) is 4.79 Å². The van der Waals surface area contributed by atoms with Crippen LogP contribution in [0, 0.1) is 5.92 Å². The lowest BCUT2D eigenvalue weighted by molar-refractivity contribution is -0.120. The van der Waals surface area contributed by atoms with Crippen LogP contribution < -0.4 is 5.32 Å². The molecule has 112 valence electrons. The van der Waals surface area contributed by atoms with Crippen molar-refractivity contribution in [1.29, 1.82) is 0 Å². The van der Waals surface area contributed by atoms with Crippen LogP contribution in [0.15, 0.2) is 0 Å². The zero-order chi connectivity index (χ0) is 15.8. The van der Waals surface area contributed by atoms with Crippen LogP contribution in [-0.2, 0) is 14.3 Å². The van der Waals surface area contributed by atoms with Crippen LogP contribution in [0.4, 0.5) is 4.79 Å². The molecule has 1 N–H and O–H groups in total. The van der Waals surface area contributed by atoms with E-state index in [0.29, 0.717) is 0 Å². The predicted molar refractivity (Wildman–Crippen MR) is 75.0 cm³/mol. The fourth-order valence-electron chi connectivity index (χ4n) is 0.586. The number of Topliss-reactive ketones (excluding diaryl/α,β-unsaturated/α-hetero) is 2. The molecule has 0 aliphatic heterocycles. The van der Waals surface area contributed by atoms with E-state index in [1.54, 1.807) is 34.6 Å². The summed E-state index contributed by atoms with van der Waals surface area (Å²) in [4.78, 5) is 32.0. The van der Waals surface area contributed by atoms with Gasteiger partial charge in [0, 0.05) is 5.92 Å². The summed E-state index contributed by atoms with van der Waals surface area (Å²) in [5, 5.41) is 2.43. The summed E-state index contributed by atoms with van der Waals surface area (Å²) in [6.45, 7) is 13.7. The van der Waals surface area contributed by atoms with Crippen molar-refractivity contribution in [2.75, 3.05) is 0 Å². The number of hydrogen-bond acceptors (Lipinski definition) is 4. The van der Waals surface area contributed by atoms with E-state index in [1.807, 2.05) is 13.8 Å². The minimum absolute atomic E-state index is 0.0918. The molecule has 0 unspecified atom stereocenters. The zero-order valence-electron chi connectivity index (χ0n) is 13.3. The van der Waals surface area contributed by atoms with Gasteiger partial charge in [-0.1, -0.05) is 13.8 Å². The molecule has 0 aliphatic carbocycles. The topological polar surface area (TPSA) is 72.5 Å². The van der Waals surface area contributed by atoms with E-state index in [-0.39, 0.29) is 17.5 Å². The average molecular weight is 273 g/mol. The van der Waals surface area contributed by atoms with Gasteiger partial charge in [0.1, 0.15) is 11.4 Å². The molecule has 0 aliphatic rings. The van der Waals surface area contributed by atoms with Gasteiger partial charge in [-0.05, 0) is 41.5 Å². The van der Waals surface area contributed by atoms with E-state index >= 15 is 0 Å². The van der Waals surface area contributed by atoms with Crippen molar-refractivity contribution in [3.8, 4) is 0 Å². The third kappa shape index (κ3) is 14.6. The smallest absolute Gasteiger partial charge is 0.408 e. The summed E-state index contributed by atoms with van der Waals surface area (Å²) < 4.78 is 4.96. The van der Waals surface area contributed by atoms with Gasteiger partial charge in [-0.3, -0.25) is 9.59 Å². The number of amides is 1. The molecular formula is C14H27NO4. The van der Waals surface area contributed by atoms with Crippen LogP contribution in [0.1, 0.15) is 55.4 Å². The summed E-state index contributed by atoms with van der Waals surface area (Å²) in [5.41, 5.74) is -0.527. The predicted octanol–water partition coefficient (Wildman–Crippen LogP) is 2.72. The number of ketones is 2. The third-order valence-electron chi connectivity index (χ3n) is 2.16. The maximum Gasteiger partial charge on any atom is 0.408 e. The van der Waals surface area contributed by atoms with Gasteiger partial charge >= 0.3 is 6.09 Å². The maximum absolute atomic E-state index is 11.1. The largest absolute Gasteiger partial charge is 0.444 e. The number of hydrogen-bond donors (Lipinski definition) is 1. The Morgan fingerprint density at radius 3 is 1.53 bits per heavy atom. The molecule has 0 saturated carbocycles. The van der Waals surface area contributed by atoms with E-state index in [4.69, 9.17) is 4.74 Å². The highest BCUT2D eigenvalue weighted by molar-refractivity contribution is 5.84. The van der Waals surface area contributed by atoms with Crippen molar-refractivity contribution >= 4 is 17.7 Å². The molecule has 5 nitrogen and oxygen atoms in total. The first kappa shape index (κ1) is 19.9. The molecule has 0 bridgehead atoms. The van der Waals surface area contributed by atoms with Crippen molar-refractivity contribution in [3.05, 3.63) is 0 Å². The molecule has 0 aromatic rings. The quantitative estimate of drug-likeness (QED) is 0.858. The van der Waals surface area contributed by atoms with Gasteiger partial charge in [0.2, 0.25) is 0 Å². The summed E-state index contributed by atoms with van der Waals surface area (Å²) in [7, 11) is 0. The van der Waals surface area contributed by atoms with Crippen LogP contribution in [0.2, 0.25) is 0 Å². The number of rotatable bonds is 3. The Bertz CT molecular complexity index is 316. The highest BCUT2D eigenvalue weighted by Crippen LogP contribution is 2.06. The molecule has 0 aromatic carbocycles. The van der Waals surface area contributed by atoms with Crippen LogP contribution in [0.25, 0.3) is 0 Å². The Morgan fingerprint density at radius 1 is 0.947 bits per heavy atom. The molecule has 0 aromatic heterocycles. The van der Waals surface area contributed by atoms with Crippen LogP contribution in [0.5, 0.6) is 0 Å². The van der Waals surface area contributed by atoms with Crippen molar-refractivity contribution in [1.82, 2.24) is 5.32 Å². The first-order valence-corrected chi connectivity index (χ1v) is 6.37. The highest BCUT2D eigenvalue weighted by Gasteiger charge is 2.18. The number of nitrogens with one attached hydrogen (secondary N) is 1. The van der Waals surface area contributed by atoms with Crippen LogP contribution >= 0.6 is 0 Å². The van der Waals surface area contributed by atoms with Gasteiger partial charge in [0.05, 0.1) is 6.04 Å². The monoisotopic (exact) mass is 273 g/mol. The fourth-order valence-corrected chi connectivity index (χ4v) is 0.586. The Morgan fingerprint density at radius 2 is 1.32 bits per heavy atom. The SMILES string of the molecule is CC(=O)C(C)C.CC(=O)[C@H](C)NC(=O)OC(C)(C)C. The minimum Gasteiger partial charge on any atom is -0.444 e. The van der Waals surface area contributed by atoms with Gasteiger partial charge in [0.15, 0.2) is 5.78 Å². The number of carbonyl (C=O) groups is 3. The Labute approximate surface area is 116 Å². The standard InChI is InChI=1S/C9H17NO3.C5H10O/c1-6(7(2)11)10-8(12)13-9(3,4)5;1-4(2)5(3)6/h6H,1-5H3,(H,10,12);4H,1-3H3/t6-;/m0./s1.